The van der Waals surface area contributed by atoms with Crippen molar-refractivity contribution in [2.24, 2.45) is 0 Å². The maximum Gasteiger partial charge on any atom is 0.0477 e. The Morgan fingerprint density at radius 1 is 1.33 bits per heavy atom. The first kappa shape index (κ1) is 11.9. The summed E-state index contributed by atoms with van der Waals surface area (Å²) in [4.78, 5) is 2.42. The zero-order chi connectivity index (χ0) is 9.56. The number of ether oxygens (including phenoxy) is 1. The summed E-state index contributed by atoms with van der Waals surface area (Å²) in [5, 5.41) is 0. The van der Waals surface area contributed by atoms with Gasteiger partial charge in [0.1, 0.15) is 0 Å². The van der Waals surface area contributed by atoms with Gasteiger partial charge in [0.2, 0.25) is 0 Å². The smallest absolute Gasteiger partial charge is 0.0477 e. The summed E-state index contributed by atoms with van der Waals surface area (Å²) < 4.78 is 5.08. The lowest BCUT2D eigenvalue weighted by atomic mass is 10.1. The van der Waals surface area contributed by atoms with E-state index in [0.717, 1.165) is 13.0 Å². The quantitative estimate of drug-likeness (QED) is 0.610. The predicted octanol–water partition coefficient (Wildman–Crippen LogP) is 2.14. The number of hydrogen-bond donors (Lipinski definition) is 0. The molecule has 0 N–H and O–H groups in total. The maximum absolute atomic E-state index is 5.08. The van der Waals surface area contributed by atoms with Gasteiger partial charge in [0.15, 0.2) is 0 Å². The van der Waals surface area contributed by atoms with Crippen LogP contribution < -0.4 is 0 Å². The molecule has 0 aromatic rings. The van der Waals surface area contributed by atoms with Crippen molar-refractivity contribution in [2.75, 3.05) is 20.8 Å². The zero-order valence-corrected chi connectivity index (χ0v) is 9.13. The van der Waals surface area contributed by atoms with E-state index in [2.05, 4.69) is 32.7 Å². The van der Waals surface area contributed by atoms with Crippen LogP contribution in [-0.2, 0) is 4.74 Å². The molecule has 0 saturated carbocycles. The number of hydrogen-bond acceptors (Lipinski definition) is 2. The normalized spacial score (nSPS) is 14.2. The van der Waals surface area contributed by atoms with Crippen LogP contribution in [0.15, 0.2) is 0 Å². The van der Waals surface area contributed by atoms with Crippen molar-refractivity contribution in [3.05, 3.63) is 0 Å². The first-order valence-corrected chi connectivity index (χ1v) is 4.84. The Hall–Kier alpha value is -0.0800. The van der Waals surface area contributed by atoms with Crippen molar-refractivity contribution in [1.82, 2.24) is 4.90 Å². The fourth-order valence-electron chi connectivity index (χ4n) is 1.37. The van der Waals surface area contributed by atoms with Crippen LogP contribution in [0.2, 0.25) is 0 Å². The van der Waals surface area contributed by atoms with Gasteiger partial charge in [-0.1, -0.05) is 6.92 Å². The lowest BCUT2D eigenvalue weighted by molar-refractivity contribution is 0.126. The van der Waals surface area contributed by atoms with Crippen molar-refractivity contribution in [3.63, 3.8) is 0 Å². The molecule has 0 aliphatic rings. The lowest BCUT2D eigenvalue weighted by Crippen LogP contribution is -2.37. The minimum atomic E-state index is 0.631. The summed E-state index contributed by atoms with van der Waals surface area (Å²) in [6.45, 7) is 7.57. The molecule has 74 valence electrons. The molecule has 0 aromatic heterocycles. The molecular formula is C10H23NO. The standard InChI is InChI=1S/C10H23NO/c1-6-10(7-8-12-5)11(4)9(2)3/h9-10H,6-8H2,1-5H3. The average Bonchev–Trinajstić information content (AvgIpc) is 2.05. The van der Waals surface area contributed by atoms with Gasteiger partial charge in [-0.3, -0.25) is 0 Å². The number of nitrogens with zero attached hydrogens (tertiary/aromatic N) is 1. The van der Waals surface area contributed by atoms with E-state index >= 15 is 0 Å². The van der Waals surface area contributed by atoms with E-state index < -0.39 is 0 Å². The highest BCUT2D eigenvalue weighted by Gasteiger charge is 2.14. The molecule has 0 rings (SSSR count). The minimum Gasteiger partial charge on any atom is -0.385 e. The number of methoxy groups -OCH3 is 1. The zero-order valence-electron chi connectivity index (χ0n) is 9.13. The Balaban J connectivity index is 3.79. The minimum absolute atomic E-state index is 0.631. The predicted molar refractivity (Wildman–Crippen MR) is 53.5 cm³/mol. The van der Waals surface area contributed by atoms with Crippen LogP contribution >= 0.6 is 0 Å². The summed E-state index contributed by atoms with van der Waals surface area (Å²) in [6.07, 6.45) is 2.35. The third kappa shape index (κ3) is 4.07. The summed E-state index contributed by atoms with van der Waals surface area (Å²) in [5.41, 5.74) is 0. The molecular weight excluding hydrogens is 150 g/mol. The van der Waals surface area contributed by atoms with Crippen LogP contribution in [0.4, 0.5) is 0 Å². The van der Waals surface area contributed by atoms with E-state index in [1.807, 2.05) is 0 Å². The second kappa shape index (κ2) is 6.44. The van der Waals surface area contributed by atoms with Crippen molar-refractivity contribution < 1.29 is 4.74 Å². The molecule has 2 heteroatoms. The summed E-state index contributed by atoms with van der Waals surface area (Å²) >= 11 is 0. The van der Waals surface area contributed by atoms with E-state index in [-0.39, 0.29) is 0 Å². The van der Waals surface area contributed by atoms with Gasteiger partial charge in [-0.05, 0) is 33.7 Å². The summed E-state index contributed by atoms with van der Waals surface area (Å²) in [6, 6.07) is 1.30. The molecule has 0 aliphatic carbocycles. The molecule has 1 atom stereocenters. The molecule has 0 heterocycles. The molecule has 0 radical (unpaired) electrons. The van der Waals surface area contributed by atoms with E-state index in [1.165, 1.54) is 6.42 Å². The van der Waals surface area contributed by atoms with Crippen LogP contribution in [0, 0.1) is 0 Å². The summed E-state index contributed by atoms with van der Waals surface area (Å²) in [7, 11) is 3.95. The molecule has 1 unspecified atom stereocenters. The Kier molecular flexibility index (Phi) is 6.39. The van der Waals surface area contributed by atoms with E-state index in [1.54, 1.807) is 7.11 Å². The second-order valence-corrected chi connectivity index (χ2v) is 3.60. The van der Waals surface area contributed by atoms with Gasteiger partial charge < -0.3 is 9.64 Å². The molecule has 0 fully saturated rings. The van der Waals surface area contributed by atoms with Crippen molar-refractivity contribution in [1.29, 1.82) is 0 Å². The SMILES string of the molecule is CCC(CCOC)N(C)C(C)C. The molecule has 0 aliphatic heterocycles. The van der Waals surface area contributed by atoms with Gasteiger partial charge in [0.05, 0.1) is 0 Å². The van der Waals surface area contributed by atoms with Crippen molar-refractivity contribution >= 4 is 0 Å². The third-order valence-corrected chi connectivity index (χ3v) is 2.52. The van der Waals surface area contributed by atoms with Crippen LogP contribution in [-0.4, -0.2) is 37.7 Å². The fraction of sp³-hybridized carbons (Fsp3) is 1.00. The summed E-state index contributed by atoms with van der Waals surface area (Å²) in [5.74, 6) is 0. The van der Waals surface area contributed by atoms with Gasteiger partial charge in [0.25, 0.3) is 0 Å². The van der Waals surface area contributed by atoms with Gasteiger partial charge in [0, 0.05) is 25.8 Å². The Bertz CT molecular complexity index is 104. The van der Waals surface area contributed by atoms with Crippen molar-refractivity contribution in [3.8, 4) is 0 Å². The van der Waals surface area contributed by atoms with Gasteiger partial charge in [-0.2, -0.15) is 0 Å². The number of rotatable bonds is 6. The van der Waals surface area contributed by atoms with Crippen molar-refractivity contribution in [2.45, 2.75) is 45.7 Å². The topological polar surface area (TPSA) is 12.5 Å². The Morgan fingerprint density at radius 2 is 1.92 bits per heavy atom. The Labute approximate surface area is 76.9 Å². The van der Waals surface area contributed by atoms with Crippen LogP contribution in [0.3, 0.4) is 0 Å². The largest absolute Gasteiger partial charge is 0.385 e. The van der Waals surface area contributed by atoms with Gasteiger partial charge in [-0.25, -0.2) is 0 Å². The monoisotopic (exact) mass is 173 g/mol. The molecule has 0 amide bonds. The van der Waals surface area contributed by atoms with Crippen LogP contribution in [0.25, 0.3) is 0 Å². The van der Waals surface area contributed by atoms with E-state index in [0.29, 0.717) is 12.1 Å². The first-order valence-electron chi connectivity index (χ1n) is 4.84. The van der Waals surface area contributed by atoms with Gasteiger partial charge >= 0.3 is 0 Å². The molecule has 0 saturated heterocycles. The molecule has 0 bridgehead atoms. The maximum atomic E-state index is 5.08. The van der Waals surface area contributed by atoms with Crippen LogP contribution in [0.1, 0.15) is 33.6 Å². The Morgan fingerprint density at radius 3 is 2.25 bits per heavy atom. The van der Waals surface area contributed by atoms with Gasteiger partial charge in [-0.15, -0.1) is 0 Å². The van der Waals surface area contributed by atoms with E-state index in [9.17, 15) is 0 Å². The molecule has 0 spiro atoms. The highest BCUT2D eigenvalue weighted by Crippen LogP contribution is 2.09. The molecule has 12 heavy (non-hydrogen) atoms. The molecule has 0 aromatic carbocycles. The van der Waals surface area contributed by atoms with Crippen LogP contribution in [0.5, 0.6) is 0 Å². The highest BCUT2D eigenvalue weighted by atomic mass is 16.5. The average molecular weight is 173 g/mol. The third-order valence-electron chi connectivity index (χ3n) is 2.52. The molecule has 2 nitrogen and oxygen atoms in total. The van der Waals surface area contributed by atoms with E-state index in [4.69, 9.17) is 4.74 Å². The fourth-order valence-corrected chi connectivity index (χ4v) is 1.37. The first-order chi connectivity index (χ1) is 5.63. The highest BCUT2D eigenvalue weighted by molar-refractivity contribution is 4.69. The second-order valence-electron chi connectivity index (χ2n) is 3.60. The lowest BCUT2D eigenvalue weighted by Gasteiger charge is -2.30.